The standard InChI is InChI=1S/C25H18BrNO3/c26-15-11-9-14(10-12-15)21-18-13-29-19-7-3-2-6-17(19)23(18)27-24-22(21)16-5-1-4-8-20(16)30-25(24)28/h1-12,18,21,23,27H,13H2/t18-,21-,23+/m0/s1. The third kappa shape index (κ3) is 2.62. The summed E-state index contributed by atoms with van der Waals surface area (Å²) in [7, 11) is 0. The molecule has 30 heavy (non-hydrogen) atoms. The number of para-hydroxylation sites is 2. The van der Waals surface area contributed by atoms with Gasteiger partial charge >= 0.3 is 5.63 Å². The molecule has 3 heterocycles. The Morgan fingerprint density at radius 3 is 2.57 bits per heavy atom. The summed E-state index contributed by atoms with van der Waals surface area (Å²) in [4.78, 5) is 13.0. The predicted octanol–water partition coefficient (Wildman–Crippen LogP) is 5.86. The number of fused-ring (bicyclic) bond motifs is 6. The number of benzene rings is 3. The van der Waals surface area contributed by atoms with Crippen LogP contribution in [-0.2, 0) is 0 Å². The molecule has 2 aliphatic rings. The average Bonchev–Trinajstić information content (AvgIpc) is 2.78. The summed E-state index contributed by atoms with van der Waals surface area (Å²) < 4.78 is 12.9. The molecule has 0 unspecified atom stereocenters. The van der Waals surface area contributed by atoms with Crippen LogP contribution in [0.15, 0.2) is 86.5 Å². The molecule has 6 rings (SSSR count). The minimum Gasteiger partial charge on any atom is -0.493 e. The highest BCUT2D eigenvalue weighted by atomic mass is 79.9. The fourth-order valence-corrected chi connectivity index (χ4v) is 5.21. The Morgan fingerprint density at radius 2 is 1.70 bits per heavy atom. The van der Waals surface area contributed by atoms with Gasteiger partial charge in [-0.3, -0.25) is 0 Å². The molecule has 0 bridgehead atoms. The molecule has 0 radical (unpaired) electrons. The van der Waals surface area contributed by atoms with Crippen molar-refractivity contribution in [1.82, 2.24) is 0 Å². The maximum atomic E-state index is 13.0. The Kier molecular flexibility index (Phi) is 4.00. The van der Waals surface area contributed by atoms with Crippen LogP contribution in [0.1, 0.15) is 28.7 Å². The lowest BCUT2D eigenvalue weighted by atomic mass is 9.71. The highest BCUT2D eigenvalue weighted by Crippen LogP contribution is 2.52. The maximum Gasteiger partial charge on any atom is 0.360 e. The van der Waals surface area contributed by atoms with Gasteiger partial charge in [-0.2, -0.15) is 0 Å². The molecule has 3 atom stereocenters. The van der Waals surface area contributed by atoms with Crippen LogP contribution < -0.4 is 15.7 Å². The van der Waals surface area contributed by atoms with Gasteiger partial charge in [0.2, 0.25) is 0 Å². The van der Waals surface area contributed by atoms with Gasteiger partial charge in [-0.05, 0) is 29.8 Å². The van der Waals surface area contributed by atoms with Gasteiger partial charge in [0.05, 0.1) is 12.6 Å². The van der Waals surface area contributed by atoms with E-state index in [2.05, 4.69) is 51.6 Å². The van der Waals surface area contributed by atoms with Crippen molar-refractivity contribution in [2.75, 3.05) is 11.9 Å². The van der Waals surface area contributed by atoms with Gasteiger partial charge in [-0.15, -0.1) is 0 Å². The first-order valence-electron chi connectivity index (χ1n) is 10.00. The molecule has 4 aromatic rings. The van der Waals surface area contributed by atoms with Crippen molar-refractivity contribution in [3.63, 3.8) is 0 Å². The lowest BCUT2D eigenvalue weighted by Gasteiger charge is -2.43. The van der Waals surface area contributed by atoms with Gasteiger partial charge in [0.1, 0.15) is 17.0 Å². The Labute approximate surface area is 181 Å². The second-order valence-electron chi connectivity index (χ2n) is 7.84. The van der Waals surface area contributed by atoms with Crippen molar-refractivity contribution in [3.05, 3.63) is 104 Å². The summed E-state index contributed by atoms with van der Waals surface area (Å²) in [6.45, 7) is 0.573. The molecule has 0 aliphatic carbocycles. The quantitative estimate of drug-likeness (QED) is 0.362. The first-order valence-corrected chi connectivity index (χ1v) is 10.8. The summed E-state index contributed by atoms with van der Waals surface area (Å²) in [5.74, 6) is 1.01. The lowest BCUT2D eigenvalue weighted by molar-refractivity contribution is 0.183. The number of hydrogen-bond acceptors (Lipinski definition) is 4. The molecule has 4 nitrogen and oxygen atoms in total. The fourth-order valence-electron chi connectivity index (χ4n) is 4.94. The normalized spacial score (nSPS) is 21.7. The number of anilines is 1. The van der Waals surface area contributed by atoms with E-state index in [9.17, 15) is 4.79 Å². The zero-order valence-corrected chi connectivity index (χ0v) is 17.6. The van der Waals surface area contributed by atoms with E-state index in [1.54, 1.807) is 0 Å². The average molecular weight is 460 g/mol. The second-order valence-corrected chi connectivity index (χ2v) is 8.75. The van der Waals surface area contributed by atoms with Crippen molar-refractivity contribution < 1.29 is 9.15 Å². The van der Waals surface area contributed by atoms with Gasteiger partial charge in [-0.25, -0.2) is 4.79 Å². The zero-order valence-electron chi connectivity index (χ0n) is 16.0. The molecule has 0 fully saturated rings. The molecule has 3 aromatic carbocycles. The first-order chi connectivity index (χ1) is 14.7. The second kappa shape index (κ2) is 6.74. The van der Waals surface area contributed by atoms with Crippen LogP contribution in [0.3, 0.4) is 0 Å². The molecular formula is C25H18BrNO3. The van der Waals surface area contributed by atoms with Crippen LogP contribution in [-0.4, -0.2) is 6.61 Å². The molecule has 1 N–H and O–H groups in total. The molecule has 148 valence electrons. The van der Waals surface area contributed by atoms with E-state index in [0.29, 0.717) is 17.9 Å². The smallest absolute Gasteiger partial charge is 0.360 e. The van der Waals surface area contributed by atoms with Crippen LogP contribution >= 0.6 is 15.9 Å². The Morgan fingerprint density at radius 1 is 0.933 bits per heavy atom. The molecule has 0 amide bonds. The molecule has 5 heteroatoms. The summed E-state index contributed by atoms with van der Waals surface area (Å²) in [5.41, 5.74) is 4.07. The van der Waals surface area contributed by atoms with Gasteiger partial charge in [0.15, 0.2) is 0 Å². The number of rotatable bonds is 1. The van der Waals surface area contributed by atoms with Crippen molar-refractivity contribution in [1.29, 1.82) is 0 Å². The highest BCUT2D eigenvalue weighted by molar-refractivity contribution is 9.10. The number of ether oxygens (including phenoxy) is 1. The number of nitrogens with one attached hydrogen (secondary N) is 1. The number of hydrogen-bond donors (Lipinski definition) is 1. The minimum atomic E-state index is -0.326. The Hall–Kier alpha value is -3.05. The largest absolute Gasteiger partial charge is 0.493 e. The predicted molar refractivity (Wildman–Crippen MR) is 120 cm³/mol. The fraction of sp³-hybridized carbons (Fsp3) is 0.160. The topological polar surface area (TPSA) is 51.5 Å². The number of halogens is 1. The van der Waals surface area contributed by atoms with Gasteiger partial charge in [0.25, 0.3) is 0 Å². The molecule has 0 spiro atoms. The zero-order chi connectivity index (χ0) is 20.2. The van der Waals surface area contributed by atoms with Gasteiger partial charge in [-0.1, -0.05) is 64.5 Å². The van der Waals surface area contributed by atoms with E-state index in [4.69, 9.17) is 9.15 Å². The van der Waals surface area contributed by atoms with Crippen molar-refractivity contribution in [2.45, 2.75) is 12.0 Å². The first kappa shape index (κ1) is 17.8. The van der Waals surface area contributed by atoms with Gasteiger partial charge < -0.3 is 14.5 Å². The summed E-state index contributed by atoms with van der Waals surface area (Å²) >= 11 is 3.54. The summed E-state index contributed by atoms with van der Waals surface area (Å²) in [6.07, 6.45) is 0. The van der Waals surface area contributed by atoms with Crippen molar-refractivity contribution in [2.24, 2.45) is 5.92 Å². The third-order valence-corrected chi connectivity index (χ3v) is 6.76. The van der Waals surface area contributed by atoms with E-state index in [0.717, 1.165) is 32.3 Å². The molecule has 0 saturated heterocycles. The maximum absolute atomic E-state index is 13.0. The molecule has 0 saturated carbocycles. The molecular weight excluding hydrogens is 442 g/mol. The summed E-state index contributed by atoms with van der Waals surface area (Å²) in [6, 6.07) is 24.2. The van der Waals surface area contributed by atoms with Crippen LogP contribution in [0.2, 0.25) is 0 Å². The summed E-state index contributed by atoms with van der Waals surface area (Å²) in [5, 5.41) is 4.49. The Balaban J connectivity index is 1.66. The monoisotopic (exact) mass is 459 g/mol. The molecule has 1 aromatic heterocycles. The van der Waals surface area contributed by atoms with E-state index < -0.39 is 0 Å². The minimum absolute atomic E-state index is 0.00158. The van der Waals surface area contributed by atoms with Crippen LogP contribution in [0.25, 0.3) is 11.0 Å². The lowest BCUT2D eigenvalue weighted by Crippen LogP contribution is -2.40. The van der Waals surface area contributed by atoms with Gasteiger partial charge in [0, 0.05) is 32.8 Å². The van der Waals surface area contributed by atoms with Crippen LogP contribution in [0, 0.1) is 5.92 Å². The van der Waals surface area contributed by atoms with E-state index in [-0.39, 0.29) is 23.5 Å². The van der Waals surface area contributed by atoms with E-state index >= 15 is 0 Å². The SMILES string of the molecule is O=c1oc2ccccc2c2c1N[C@@H]1c3ccccc3OC[C@H]1[C@@H]2c1ccc(Br)cc1. The molecule has 2 aliphatic heterocycles. The highest BCUT2D eigenvalue weighted by Gasteiger charge is 2.44. The van der Waals surface area contributed by atoms with Crippen LogP contribution in [0.4, 0.5) is 5.69 Å². The third-order valence-electron chi connectivity index (χ3n) is 6.23. The van der Waals surface area contributed by atoms with E-state index in [1.807, 2.05) is 42.5 Å². The van der Waals surface area contributed by atoms with E-state index in [1.165, 1.54) is 0 Å². The van der Waals surface area contributed by atoms with Crippen molar-refractivity contribution >= 4 is 32.6 Å². The van der Waals surface area contributed by atoms with Crippen LogP contribution in [0.5, 0.6) is 5.75 Å². The van der Waals surface area contributed by atoms with Crippen molar-refractivity contribution in [3.8, 4) is 5.75 Å². The Bertz CT molecular complexity index is 1330.